The van der Waals surface area contributed by atoms with Gasteiger partial charge in [-0.1, -0.05) is 37.0 Å². The molecule has 1 N–H and O–H groups in total. The third kappa shape index (κ3) is 5.66. The van der Waals surface area contributed by atoms with Crippen LogP contribution in [-0.2, 0) is 10.0 Å². The zero-order chi connectivity index (χ0) is 21.9. The molecule has 3 rings (SSSR count). The average Bonchev–Trinajstić information content (AvgIpc) is 2.69. The van der Waals surface area contributed by atoms with Gasteiger partial charge in [-0.25, -0.2) is 8.42 Å². The fraction of sp³-hybridized carbons (Fsp3) is 0.381. The monoisotopic (exact) mass is 469 g/mol. The van der Waals surface area contributed by atoms with Crippen LogP contribution >= 0.6 is 23.2 Å². The first-order chi connectivity index (χ1) is 14.2. The molecule has 1 saturated heterocycles. The fourth-order valence-electron chi connectivity index (χ4n) is 3.41. The molecular formula is C21H25Cl2N3O3S. The summed E-state index contributed by atoms with van der Waals surface area (Å²) in [5.41, 5.74) is 0.861. The molecule has 162 valence electrons. The van der Waals surface area contributed by atoms with Crippen molar-refractivity contribution in [1.82, 2.24) is 9.80 Å². The Balaban J connectivity index is 1.65. The largest absolute Gasteiger partial charge is 0.336 e. The Kier molecular flexibility index (Phi) is 7.29. The summed E-state index contributed by atoms with van der Waals surface area (Å²) in [5, 5.41) is 0.351. The van der Waals surface area contributed by atoms with Crippen LogP contribution in [0.4, 0.5) is 5.69 Å². The van der Waals surface area contributed by atoms with Crippen LogP contribution in [-0.4, -0.2) is 56.8 Å². The van der Waals surface area contributed by atoms with Crippen molar-refractivity contribution < 1.29 is 13.2 Å². The first-order valence-corrected chi connectivity index (χ1v) is 12.0. The Morgan fingerprint density at radius 3 is 2.27 bits per heavy atom. The number of anilines is 1. The Hall–Kier alpha value is -1.80. The lowest BCUT2D eigenvalue weighted by molar-refractivity contribution is 0.0624. The quantitative estimate of drug-likeness (QED) is 0.687. The fourth-order valence-corrected chi connectivity index (χ4v) is 5.23. The Bertz CT molecular complexity index is 1000. The molecule has 1 aliphatic heterocycles. The molecular weight excluding hydrogens is 445 g/mol. The van der Waals surface area contributed by atoms with Crippen molar-refractivity contribution in [3.05, 3.63) is 58.1 Å². The maximum Gasteiger partial charge on any atom is 0.263 e. The second kappa shape index (κ2) is 9.56. The second-order valence-electron chi connectivity index (χ2n) is 7.74. The minimum atomic E-state index is -3.90. The number of sulfonamides is 1. The molecule has 2 aromatic rings. The maximum absolute atomic E-state index is 12.8. The number of amides is 1. The Labute approximate surface area is 187 Å². The predicted molar refractivity (Wildman–Crippen MR) is 121 cm³/mol. The number of piperazine rings is 1. The second-order valence-corrected chi connectivity index (χ2v) is 10.2. The van der Waals surface area contributed by atoms with Crippen LogP contribution in [0.2, 0.25) is 10.0 Å². The van der Waals surface area contributed by atoms with E-state index in [9.17, 15) is 13.2 Å². The van der Waals surface area contributed by atoms with E-state index in [-0.39, 0.29) is 20.8 Å². The van der Waals surface area contributed by atoms with Gasteiger partial charge in [0.1, 0.15) is 4.90 Å². The van der Waals surface area contributed by atoms with Gasteiger partial charge in [0.2, 0.25) is 0 Å². The molecule has 9 heteroatoms. The minimum absolute atomic E-state index is 0.0495. The molecule has 0 spiro atoms. The number of halogens is 2. The molecule has 1 amide bonds. The molecule has 6 nitrogen and oxygen atoms in total. The molecule has 0 unspecified atom stereocenters. The van der Waals surface area contributed by atoms with Crippen molar-refractivity contribution in [2.24, 2.45) is 5.92 Å². The van der Waals surface area contributed by atoms with Crippen LogP contribution in [0.25, 0.3) is 0 Å². The SMILES string of the molecule is CC(C)CN1CCN(C(=O)c2ccc(NS(=O)(=O)c3cc(Cl)ccc3Cl)cc2)CC1. The molecule has 30 heavy (non-hydrogen) atoms. The van der Waals surface area contributed by atoms with Gasteiger partial charge in [-0.05, 0) is 48.4 Å². The van der Waals surface area contributed by atoms with Crippen molar-refractivity contribution in [3.8, 4) is 0 Å². The summed E-state index contributed by atoms with van der Waals surface area (Å²) < 4.78 is 27.7. The number of carbonyl (C=O) groups is 1. The van der Waals surface area contributed by atoms with E-state index in [1.807, 2.05) is 4.90 Å². The number of benzene rings is 2. The zero-order valence-corrected chi connectivity index (χ0v) is 19.3. The molecule has 1 fully saturated rings. The van der Waals surface area contributed by atoms with Crippen LogP contribution in [0.3, 0.4) is 0 Å². The number of nitrogens with one attached hydrogen (secondary N) is 1. The van der Waals surface area contributed by atoms with E-state index in [2.05, 4.69) is 23.5 Å². The van der Waals surface area contributed by atoms with Gasteiger partial charge in [-0.15, -0.1) is 0 Å². The summed E-state index contributed by atoms with van der Waals surface area (Å²) in [5.74, 6) is 0.553. The first-order valence-electron chi connectivity index (χ1n) is 9.75. The van der Waals surface area contributed by atoms with E-state index in [0.29, 0.717) is 30.3 Å². The van der Waals surface area contributed by atoms with Crippen LogP contribution in [0.1, 0.15) is 24.2 Å². The van der Waals surface area contributed by atoms with Crippen molar-refractivity contribution in [3.63, 3.8) is 0 Å². The lowest BCUT2D eigenvalue weighted by Crippen LogP contribution is -2.49. The van der Waals surface area contributed by atoms with Crippen molar-refractivity contribution in [1.29, 1.82) is 0 Å². The standard InChI is InChI=1S/C21H25Cl2N3O3S/c1-15(2)14-25-9-11-26(12-10-25)21(27)16-3-6-18(7-4-16)24-30(28,29)20-13-17(22)5-8-19(20)23/h3-8,13,15,24H,9-12,14H2,1-2H3. The number of rotatable bonds is 6. The van der Waals surface area contributed by atoms with E-state index in [1.54, 1.807) is 24.3 Å². The van der Waals surface area contributed by atoms with Crippen LogP contribution in [0.15, 0.2) is 47.4 Å². The van der Waals surface area contributed by atoms with Crippen LogP contribution < -0.4 is 4.72 Å². The molecule has 1 aliphatic rings. The van der Waals surface area contributed by atoms with Gasteiger partial charge in [0.15, 0.2) is 0 Å². The van der Waals surface area contributed by atoms with E-state index in [4.69, 9.17) is 23.2 Å². The van der Waals surface area contributed by atoms with Gasteiger partial charge in [0.25, 0.3) is 15.9 Å². The number of carbonyl (C=O) groups excluding carboxylic acids is 1. The summed E-state index contributed by atoms with van der Waals surface area (Å²) in [6, 6.07) is 10.6. The van der Waals surface area contributed by atoms with Crippen molar-refractivity contribution in [2.45, 2.75) is 18.7 Å². The van der Waals surface area contributed by atoms with Gasteiger partial charge in [0.05, 0.1) is 5.02 Å². The smallest absolute Gasteiger partial charge is 0.263 e. The van der Waals surface area contributed by atoms with Gasteiger partial charge in [-0.2, -0.15) is 0 Å². The topological polar surface area (TPSA) is 69.7 Å². The summed E-state index contributed by atoms with van der Waals surface area (Å²) in [6.45, 7) is 8.51. The van der Waals surface area contributed by atoms with Gasteiger partial charge >= 0.3 is 0 Å². The van der Waals surface area contributed by atoms with Gasteiger partial charge in [-0.3, -0.25) is 14.4 Å². The molecule has 2 aromatic carbocycles. The molecule has 0 radical (unpaired) electrons. The van der Waals surface area contributed by atoms with Crippen molar-refractivity contribution in [2.75, 3.05) is 37.4 Å². The Morgan fingerprint density at radius 1 is 1.03 bits per heavy atom. The van der Waals surface area contributed by atoms with Gasteiger partial charge in [0, 0.05) is 49.0 Å². The minimum Gasteiger partial charge on any atom is -0.336 e. The van der Waals surface area contributed by atoms with E-state index < -0.39 is 10.0 Å². The third-order valence-corrected chi connectivity index (χ3v) is 6.95. The zero-order valence-electron chi connectivity index (χ0n) is 16.9. The molecule has 1 heterocycles. The molecule has 0 bridgehead atoms. The predicted octanol–water partition coefficient (Wildman–Crippen LogP) is 4.21. The van der Waals surface area contributed by atoms with Crippen LogP contribution in [0.5, 0.6) is 0 Å². The summed E-state index contributed by atoms with van der Waals surface area (Å²) >= 11 is 11.9. The average molecular weight is 470 g/mol. The lowest BCUT2D eigenvalue weighted by Gasteiger charge is -2.35. The van der Waals surface area contributed by atoms with Crippen molar-refractivity contribution >= 4 is 44.8 Å². The summed E-state index contributed by atoms with van der Waals surface area (Å²) in [7, 11) is -3.90. The highest BCUT2D eigenvalue weighted by Crippen LogP contribution is 2.27. The molecule has 0 aromatic heterocycles. The maximum atomic E-state index is 12.8. The van der Waals surface area contributed by atoms with Gasteiger partial charge < -0.3 is 4.90 Å². The molecule has 0 atom stereocenters. The summed E-state index contributed by atoms with van der Waals surface area (Å²) in [6.07, 6.45) is 0. The molecule has 0 saturated carbocycles. The highest BCUT2D eigenvalue weighted by Gasteiger charge is 2.23. The third-order valence-electron chi connectivity index (χ3n) is 4.85. The number of hydrogen-bond acceptors (Lipinski definition) is 4. The number of hydrogen-bond donors (Lipinski definition) is 1. The lowest BCUT2D eigenvalue weighted by atomic mass is 10.1. The summed E-state index contributed by atoms with van der Waals surface area (Å²) in [4.78, 5) is 16.9. The van der Waals surface area contributed by atoms with E-state index in [0.717, 1.165) is 19.6 Å². The molecule has 0 aliphatic carbocycles. The number of nitrogens with zero attached hydrogens (tertiary/aromatic N) is 2. The highest BCUT2D eigenvalue weighted by molar-refractivity contribution is 7.92. The highest BCUT2D eigenvalue weighted by atomic mass is 35.5. The van der Waals surface area contributed by atoms with E-state index >= 15 is 0 Å². The Morgan fingerprint density at radius 2 is 1.67 bits per heavy atom. The normalized spacial score (nSPS) is 15.4. The van der Waals surface area contributed by atoms with Crippen LogP contribution in [0, 0.1) is 5.92 Å². The van der Waals surface area contributed by atoms with E-state index in [1.165, 1.54) is 18.2 Å². The first kappa shape index (κ1) is 22.9.